The van der Waals surface area contributed by atoms with Crippen molar-refractivity contribution in [2.75, 3.05) is 5.88 Å². The van der Waals surface area contributed by atoms with Gasteiger partial charge in [-0.3, -0.25) is 0 Å². The molecule has 2 aromatic rings. The largest absolute Gasteiger partial charge is 0.325 e. The van der Waals surface area contributed by atoms with Crippen LogP contribution in [0.1, 0.15) is 50.5 Å². The number of benzene rings is 1. The molecule has 0 amide bonds. The minimum Gasteiger partial charge on any atom is -0.325 e. The Hall–Kier alpha value is -1.02. The predicted octanol–water partition coefficient (Wildman–Crippen LogP) is 5.12. The van der Waals surface area contributed by atoms with E-state index in [1.54, 1.807) is 0 Å². The van der Waals surface area contributed by atoms with E-state index in [1.807, 2.05) is 0 Å². The van der Waals surface area contributed by atoms with E-state index in [-0.39, 0.29) is 0 Å². The molecule has 2 nitrogen and oxygen atoms in total. The Morgan fingerprint density at radius 1 is 1.29 bits per heavy atom. The Kier molecular flexibility index (Phi) is 4.26. The Balaban J connectivity index is 2.12. The van der Waals surface area contributed by atoms with Crippen molar-refractivity contribution in [1.29, 1.82) is 0 Å². The number of hydrogen-bond donors (Lipinski definition) is 0. The van der Waals surface area contributed by atoms with Gasteiger partial charge in [0.15, 0.2) is 0 Å². The Morgan fingerprint density at radius 3 is 2.86 bits per heavy atom. The molecule has 0 aliphatic heterocycles. The van der Waals surface area contributed by atoms with Gasteiger partial charge in [0.05, 0.1) is 11.0 Å². The average Bonchev–Trinajstić information content (AvgIpc) is 2.79. The number of aryl methyl sites for hydroxylation is 2. The molecule has 3 atom stereocenters. The van der Waals surface area contributed by atoms with Crippen molar-refractivity contribution in [1.82, 2.24) is 9.55 Å². The Labute approximate surface area is 132 Å². The van der Waals surface area contributed by atoms with Crippen LogP contribution in [0.4, 0.5) is 0 Å². The predicted molar refractivity (Wildman–Crippen MR) is 90.1 cm³/mol. The number of rotatable bonds is 3. The summed E-state index contributed by atoms with van der Waals surface area (Å²) in [5, 5.41) is 0. The molecule has 0 radical (unpaired) electrons. The number of alkyl halides is 1. The van der Waals surface area contributed by atoms with Gasteiger partial charge in [0.25, 0.3) is 0 Å². The van der Waals surface area contributed by atoms with E-state index < -0.39 is 0 Å². The molecule has 1 heterocycles. The van der Waals surface area contributed by atoms with Gasteiger partial charge in [0, 0.05) is 18.3 Å². The maximum absolute atomic E-state index is 6.02. The maximum Gasteiger partial charge on any atom is 0.111 e. The molecule has 3 heteroatoms. The van der Waals surface area contributed by atoms with Crippen LogP contribution in [0.2, 0.25) is 0 Å². The SMILES string of the molecule is Cc1ccc2c(c1)nc(CCCl)n2C1CCCC(C)C1C. The van der Waals surface area contributed by atoms with Crippen LogP contribution in [0, 0.1) is 18.8 Å². The third-order valence-corrected chi connectivity index (χ3v) is 5.42. The number of aromatic nitrogens is 2. The minimum absolute atomic E-state index is 0.569. The third kappa shape index (κ3) is 2.70. The summed E-state index contributed by atoms with van der Waals surface area (Å²) in [7, 11) is 0. The first-order valence-corrected chi connectivity index (χ1v) is 8.68. The molecule has 0 N–H and O–H groups in total. The highest BCUT2D eigenvalue weighted by Crippen LogP contribution is 2.40. The molecular weight excluding hydrogens is 280 g/mol. The summed E-state index contributed by atoms with van der Waals surface area (Å²) in [6.07, 6.45) is 4.79. The molecule has 1 saturated carbocycles. The fraction of sp³-hybridized carbons (Fsp3) is 0.611. The number of hydrogen-bond acceptors (Lipinski definition) is 1. The highest BCUT2D eigenvalue weighted by molar-refractivity contribution is 6.17. The number of fused-ring (bicyclic) bond motifs is 1. The van der Waals surface area contributed by atoms with Crippen LogP contribution < -0.4 is 0 Å². The molecule has 3 unspecified atom stereocenters. The molecular formula is C18H25ClN2. The van der Waals surface area contributed by atoms with E-state index in [9.17, 15) is 0 Å². The van der Waals surface area contributed by atoms with Gasteiger partial charge in [0.2, 0.25) is 0 Å². The number of halogens is 1. The van der Waals surface area contributed by atoms with Crippen molar-refractivity contribution in [3.63, 3.8) is 0 Å². The molecule has 114 valence electrons. The maximum atomic E-state index is 6.02. The van der Waals surface area contributed by atoms with E-state index in [0.29, 0.717) is 17.8 Å². The van der Waals surface area contributed by atoms with Crippen molar-refractivity contribution >= 4 is 22.6 Å². The fourth-order valence-corrected chi connectivity index (χ4v) is 3.98. The first-order valence-electron chi connectivity index (χ1n) is 8.15. The van der Waals surface area contributed by atoms with Crippen LogP contribution >= 0.6 is 11.6 Å². The summed E-state index contributed by atoms with van der Waals surface area (Å²) in [5.74, 6) is 3.29. The van der Waals surface area contributed by atoms with Gasteiger partial charge in [-0.1, -0.05) is 32.8 Å². The van der Waals surface area contributed by atoms with Crippen molar-refractivity contribution < 1.29 is 0 Å². The van der Waals surface area contributed by atoms with Crippen LogP contribution in [-0.2, 0) is 6.42 Å². The molecule has 1 aliphatic rings. The third-order valence-electron chi connectivity index (χ3n) is 5.23. The molecule has 1 aromatic carbocycles. The summed E-state index contributed by atoms with van der Waals surface area (Å²) in [6.45, 7) is 6.92. The topological polar surface area (TPSA) is 17.8 Å². The Morgan fingerprint density at radius 2 is 2.10 bits per heavy atom. The molecule has 1 aromatic heterocycles. The highest BCUT2D eigenvalue weighted by atomic mass is 35.5. The lowest BCUT2D eigenvalue weighted by Crippen LogP contribution is -2.28. The van der Waals surface area contributed by atoms with E-state index in [1.165, 1.54) is 30.3 Å². The molecule has 21 heavy (non-hydrogen) atoms. The lowest BCUT2D eigenvalue weighted by molar-refractivity contribution is 0.187. The van der Waals surface area contributed by atoms with Crippen molar-refractivity contribution in [2.24, 2.45) is 11.8 Å². The quantitative estimate of drug-likeness (QED) is 0.719. The monoisotopic (exact) mass is 304 g/mol. The van der Waals surface area contributed by atoms with Gasteiger partial charge in [0.1, 0.15) is 5.82 Å². The standard InChI is InChI=1S/C18H25ClN2/c1-12-7-8-17-15(11-12)20-18(9-10-19)21(17)16-6-4-5-13(2)14(16)3/h7-8,11,13-14,16H,4-6,9-10H2,1-3H3. The zero-order chi connectivity index (χ0) is 15.0. The normalized spacial score (nSPS) is 26.4. The molecule has 0 bridgehead atoms. The molecule has 0 saturated heterocycles. The summed E-state index contributed by atoms with van der Waals surface area (Å²) in [5.41, 5.74) is 3.68. The molecule has 1 aliphatic carbocycles. The van der Waals surface area contributed by atoms with E-state index in [4.69, 9.17) is 16.6 Å². The zero-order valence-corrected chi connectivity index (χ0v) is 14.0. The first kappa shape index (κ1) is 14.9. The number of nitrogens with zero attached hydrogens (tertiary/aromatic N) is 2. The van der Waals surface area contributed by atoms with Crippen molar-refractivity contribution in [3.05, 3.63) is 29.6 Å². The van der Waals surface area contributed by atoms with Gasteiger partial charge in [-0.2, -0.15) is 0 Å². The zero-order valence-electron chi connectivity index (χ0n) is 13.3. The first-order chi connectivity index (χ1) is 10.1. The molecule has 3 rings (SSSR count). The van der Waals surface area contributed by atoms with Crippen molar-refractivity contribution in [2.45, 2.75) is 52.5 Å². The average molecular weight is 305 g/mol. The van der Waals surface area contributed by atoms with Crippen molar-refractivity contribution in [3.8, 4) is 0 Å². The highest BCUT2D eigenvalue weighted by Gasteiger charge is 2.30. The van der Waals surface area contributed by atoms with E-state index in [2.05, 4.69) is 43.5 Å². The van der Waals surface area contributed by atoms with Crippen LogP contribution in [0.5, 0.6) is 0 Å². The summed E-state index contributed by atoms with van der Waals surface area (Å²) >= 11 is 6.02. The van der Waals surface area contributed by atoms with Crippen LogP contribution in [-0.4, -0.2) is 15.4 Å². The van der Waals surface area contributed by atoms with E-state index in [0.717, 1.165) is 23.7 Å². The second-order valence-corrected chi connectivity index (χ2v) is 7.04. The van der Waals surface area contributed by atoms with Gasteiger partial charge in [-0.05, 0) is 42.9 Å². The number of imidazole rings is 1. The van der Waals surface area contributed by atoms with Crippen LogP contribution in [0.25, 0.3) is 11.0 Å². The van der Waals surface area contributed by atoms with Crippen LogP contribution in [0.3, 0.4) is 0 Å². The summed E-state index contributed by atoms with van der Waals surface area (Å²) in [6, 6.07) is 7.20. The lowest BCUT2D eigenvalue weighted by atomic mass is 9.78. The summed E-state index contributed by atoms with van der Waals surface area (Å²) in [4.78, 5) is 4.88. The summed E-state index contributed by atoms with van der Waals surface area (Å²) < 4.78 is 2.50. The smallest absolute Gasteiger partial charge is 0.111 e. The fourth-order valence-electron chi connectivity index (χ4n) is 3.81. The van der Waals surface area contributed by atoms with E-state index >= 15 is 0 Å². The Bertz CT molecular complexity index is 631. The van der Waals surface area contributed by atoms with Gasteiger partial charge < -0.3 is 4.57 Å². The molecule has 1 fully saturated rings. The second kappa shape index (κ2) is 6.00. The van der Waals surface area contributed by atoms with Gasteiger partial charge in [-0.15, -0.1) is 11.6 Å². The van der Waals surface area contributed by atoms with Gasteiger partial charge in [-0.25, -0.2) is 4.98 Å². The minimum atomic E-state index is 0.569. The molecule has 0 spiro atoms. The van der Waals surface area contributed by atoms with Crippen LogP contribution in [0.15, 0.2) is 18.2 Å². The van der Waals surface area contributed by atoms with Gasteiger partial charge >= 0.3 is 0 Å². The second-order valence-electron chi connectivity index (χ2n) is 6.66. The lowest BCUT2D eigenvalue weighted by Gasteiger charge is -2.36.